The summed E-state index contributed by atoms with van der Waals surface area (Å²) in [6, 6.07) is 10.4. The molecule has 0 unspecified atom stereocenters. The van der Waals surface area contributed by atoms with Crippen LogP contribution in [0.25, 0.3) is 0 Å². The molecule has 0 spiro atoms. The SMILES string of the molecule is COc1ccc(OC(F)F)c(CN=C(N)Nc2ccc(C)c(C)c2)c1.I. The maximum absolute atomic E-state index is 12.5. The molecular weight excluding hydrogens is 455 g/mol. The summed E-state index contributed by atoms with van der Waals surface area (Å²) in [6.45, 7) is 1.17. The molecule has 142 valence electrons. The Hall–Kier alpha value is -2.10. The van der Waals surface area contributed by atoms with Gasteiger partial charge in [0.2, 0.25) is 0 Å². The van der Waals surface area contributed by atoms with Crippen LogP contribution in [0.3, 0.4) is 0 Å². The number of halogens is 3. The fraction of sp³-hybridized carbons (Fsp3) is 0.278. The molecule has 0 heterocycles. The molecule has 8 heteroatoms. The van der Waals surface area contributed by atoms with Crippen LogP contribution >= 0.6 is 24.0 Å². The fourth-order valence-corrected chi connectivity index (χ4v) is 2.19. The van der Waals surface area contributed by atoms with Gasteiger partial charge in [-0.2, -0.15) is 8.78 Å². The number of methoxy groups -OCH3 is 1. The van der Waals surface area contributed by atoms with Crippen molar-refractivity contribution in [3.63, 3.8) is 0 Å². The van der Waals surface area contributed by atoms with Crippen LogP contribution in [0.1, 0.15) is 16.7 Å². The molecule has 0 atom stereocenters. The normalized spacial score (nSPS) is 11.1. The van der Waals surface area contributed by atoms with E-state index in [1.54, 1.807) is 12.1 Å². The molecule has 0 aliphatic heterocycles. The lowest BCUT2D eigenvalue weighted by molar-refractivity contribution is -0.0504. The van der Waals surface area contributed by atoms with E-state index >= 15 is 0 Å². The minimum Gasteiger partial charge on any atom is -0.497 e. The lowest BCUT2D eigenvalue weighted by Crippen LogP contribution is -2.22. The van der Waals surface area contributed by atoms with Crippen LogP contribution in [-0.2, 0) is 6.54 Å². The first-order valence-electron chi connectivity index (χ1n) is 7.65. The quantitative estimate of drug-likeness (QED) is 0.367. The molecule has 0 saturated carbocycles. The van der Waals surface area contributed by atoms with Crippen molar-refractivity contribution in [3.05, 3.63) is 53.1 Å². The van der Waals surface area contributed by atoms with Crippen LogP contribution < -0.4 is 20.5 Å². The maximum Gasteiger partial charge on any atom is 0.387 e. The third-order valence-electron chi connectivity index (χ3n) is 3.68. The van der Waals surface area contributed by atoms with E-state index in [0.717, 1.165) is 11.3 Å². The molecule has 3 N–H and O–H groups in total. The zero-order valence-electron chi connectivity index (χ0n) is 14.8. The molecule has 0 fully saturated rings. The van der Waals surface area contributed by atoms with E-state index in [-0.39, 0.29) is 42.2 Å². The van der Waals surface area contributed by atoms with Gasteiger partial charge in [-0.3, -0.25) is 0 Å². The monoisotopic (exact) mass is 477 g/mol. The van der Waals surface area contributed by atoms with Gasteiger partial charge in [0.1, 0.15) is 11.5 Å². The van der Waals surface area contributed by atoms with Crippen molar-refractivity contribution in [1.29, 1.82) is 0 Å². The Labute approximate surface area is 168 Å². The van der Waals surface area contributed by atoms with Crippen LogP contribution in [0.2, 0.25) is 0 Å². The lowest BCUT2D eigenvalue weighted by atomic mass is 10.1. The predicted octanol–water partition coefficient (Wildman–Crippen LogP) is 4.46. The summed E-state index contributed by atoms with van der Waals surface area (Å²) in [5.41, 5.74) is 9.43. The van der Waals surface area contributed by atoms with Gasteiger partial charge in [-0.15, -0.1) is 24.0 Å². The van der Waals surface area contributed by atoms with Crippen molar-refractivity contribution in [2.24, 2.45) is 10.7 Å². The molecule has 2 aromatic carbocycles. The second kappa shape index (κ2) is 10.1. The van der Waals surface area contributed by atoms with Gasteiger partial charge in [0, 0.05) is 11.3 Å². The summed E-state index contributed by atoms with van der Waals surface area (Å²) in [4.78, 5) is 4.19. The number of aryl methyl sites for hydroxylation is 2. The molecule has 0 aliphatic carbocycles. The van der Waals surface area contributed by atoms with Gasteiger partial charge in [0.15, 0.2) is 5.96 Å². The first-order chi connectivity index (χ1) is 11.9. The number of hydrogen-bond donors (Lipinski definition) is 2. The first kappa shape index (κ1) is 21.9. The summed E-state index contributed by atoms with van der Waals surface area (Å²) in [5, 5.41) is 2.98. The second-order valence-corrected chi connectivity index (χ2v) is 5.48. The highest BCUT2D eigenvalue weighted by molar-refractivity contribution is 14.0. The van der Waals surface area contributed by atoms with Crippen molar-refractivity contribution >= 4 is 35.6 Å². The van der Waals surface area contributed by atoms with Crippen molar-refractivity contribution in [3.8, 4) is 11.5 Å². The number of aliphatic imine (C=N–C) groups is 1. The highest BCUT2D eigenvalue weighted by Gasteiger charge is 2.11. The molecule has 5 nitrogen and oxygen atoms in total. The average Bonchev–Trinajstić information content (AvgIpc) is 2.57. The smallest absolute Gasteiger partial charge is 0.387 e. The number of rotatable bonds is 6. The van der Waals surface area contributed by atoms with Crippen molar-refractivity contribution in [2.75, 3.05) is 12.4 Å². The van der Waals surface area contributed by atoms with Gasteiger partial charge < -0.3 is 20.5 Å². The Balaban J connectivity index is 0.00000338. The standard InChI is InChI=1S/C18H21F2N3O2.HI/c1-11-4-5-14(8-12(11)2)23-18(21)22-10-13-9-15(24-3)6-7-16(13)25-17(19)20;/h4-9,17H,10H2,1-3H3,(H3,21,22,23);1H. The van der Waals surface area contributed by atoms with E-state index in [9.17, 15) is 8.78 Å². The molecule has 26 heavy (non-hydrogen) atoms. The lowest BCUT2D eigenvalue weighted by Gasteiger charge is -2.12. The topological polar surface area (TPSA) is 68.9 Å². The zero-order chi connectivity index (χ0) is 18.4. The summed E-state index contributed by atoms with van der Waals surface area (Å²) in [5.74, 6) is 0.736. The Kier molecular flexibility index (Phi) is 8.56. The number of hydrogen-bond acceptors (Lipinski definition) is 3. The van der Waals surface area contributed by atoms with Crippen molar-refractivity contribution in [2.45, 2.75) is 27.0 Å². The van der Waals surface area contributed by atoms with Crippen LogP contribution in [0, 0.1) is 13.8 Å². The van der Waals surface area contributed by atoms with Gasteiger partial charge in [0.25, 0.3) is 0 Å². The first-order valence-corrected chi connectivity index (χ1v) is 7.65. The summed E-state index contributed by atoms with van der Waals surface area (Å²) in [6.07, 6.45) is 0. The zero-order valence-corrected chi connectivity index (χ0v) is 17.1. The van der Waals surface area contributed by atoms with E-state index in [1.165, 1.54) is 18.7 Å². The Morgan fingerprint density at radius 2 is 1.88 bits per heavy atom. The van der Waals surface area contributed by atoms with Crippen LogP contribution in [0.15, 0.2) is 41.4 Å². The molecule has 0 bridgehead atoms. The molecule has 2 aromatic rings. The molecule has 0 radical (unpaired) electrons. The van der Waals surface area contributed by atoms with E-state index in [2.05, 4.69) is 15.0 Å². The fourth-order valence-electron chi connectivity index (χ4n) is 2.19. The number of nitrogens with zero attached hydrogens (tertiary/aromatic N) is 1. The van der Waals surface area contributed by atoms with Crippen molar-refractivity contribution < 1.29 is 18.3 Å². The number of alkyl halides is 2. The Bertz CT molecular complexity index is 770. The van der Waals surface area contributed by atoms with Crippen LogP contribution in [-0.4, -0.2) is 19.7 Å². The molecule has 2 rings (SSSR count). The summed E-state index contributed by atoms with van der Waals surface area (Å²) >= 11 is 0. The Morgan fingerprint density at radius 1 is 1.15 bits per heavy atom. The number of nitrogens with one attached hydrogen (secondary N) is 1. The van der Waals surface area contributed by atoms with E-state index in [1.807, 2.05) is 32.0 Å². The minimum atomic E-state index is -2.91. The molecular formula is C18H22F2IN3O2. The summed E-state index contributed by atoms with van der Waals surface area (Å²) < 4.78 is 34.6. The average molecular weight is 477 g/mol. The van der Waals surface area contributed by atoms with Gasteiger partial charge in [-0.25, -0.2) is 4.99 Å². The predicted molar refractivity (Wildman–Crippen MR) is 110 cm³/mol. The van der Waals surface area contributed by atoms with Gasteiger partial charge in [-0.05, 0) is 55.3 Å². The van der Waals surface area contributed by atoms with Crippen LogP contribution in [0.5, 0.6) is 11.5 Å². The minimum absolute atomic E-state index is 0. The Morgan fingerprint density at radius 3 is 2.50 bits per heavy atom. The third-order valence-corrected chi connectivity index (χ3v) is 3.68. The molecule has 0 saturated heterocycles. The second-order valence-electron chi connectivity index (χ2n) is 5.48. The van der Waals surface area contributed by atoms with Gasteiger partial charge >= 0.3 is 6.61 Å². The number of benzene rings is 2. The van der Waals surface area contributed by atoms with Crippen molar-refractivity contribution in [1.82, 2.24) is 0 Å². The van der Waals surface area contributed by atoms with Crippen LogP contribution in [0.4, 0.5) is 14.5 Å². The maximum atomic E-state index is 12.5. The number of nitrogens with two attached hydrogens (primary N) is 1. The largest absolute Gasteiger partial charge is 0.497 e. The summed E-state index contributed by atoms with van der Waals surface area (Å²) in [7, 11) is 1.49. The van der Waals surface area contributed by atoms with Gasteiger partial charge in [-0.1, -0.05) is 6.07 Å². The number of guanidine groups is 1. The highest BCUT2D eigenvalue weighted by atomic mass is 127. The number of ether oxygens (including phenoxy) is 2. The van der Waals surface area contributed by atoms with Gasteiger partial charge in [0.05, 0.1) is 13.7 Å². The van der Waals surface area contributed by atoms with E-state index < -0.39 is 6.61 Å². The molecule has 0 aromatic heterocycles. The number of anilines is 1. The highest BCUT2D eigenvalue weighted by Crippen LogP contribution is 2.26. The molecule has 0 aliphatic rings. The third kappa shape index (κ3) is 6.32. The van der Waals surface area contributed by atoms with E-state index in [0.29, 0.717) is 11.3 Å². The molecule has 0 amide bonds. The van der Waals surface area contributed by atoms with E-state index in [4.69, 9.17) is 10.5 Å².